The number of aryl methyl sites for hydroxylation is 1. The van der Waals surface area contributed by atoms with Gasteiger partial charge in [0.1, 0.15) is 17.2 Å². The molecule has 1 unspecified atom stereocenters. The van der Waals surface area contributed by atoms with E-state index in [1.54, 1.807) is 55.5 Å². The van der Waals surface area contributed by atoms with Crippen LogP contribution in [-0.2, 0) is 14.3 Å². The van der Waals surface area contributed by atoms with Gasteiger partial charge in [0.25, 0.3) is 5.78 Å². The summed E-state index contributed by atoms with van der Waals surface area (Å²) in [6, 6.07) is 12.6. The van der Waals surface area contributed by atoms with Crippen molar-refractivity contribution in [3.05, 3.63) is 88.5 Å². The van der Waals surface area contributed by atoms with Crippen molar-refractivity contribution in [2.75, 3.05) is 24.7 Å². The Balaban J connectivity index is 1.86. The Hall–Kier alpha value is -4.44. The second-order valence-corrected chi connectivity index (χ2v) is 11.0. The van der Waals surface area contributed by atoms with E-state index in [4.69, 9.17) is 14.2 Å². The van der Waals surface area contributed by atoms with Crippen LogP contribution < -0.4 is 14.4 Å². The molecule has 1 saturated heterocycles. The minimum atomic E-state index is -1.06. The van der Waals surface area contributed by atoms with Crippen molar-refractivity contribution in [1.29, 1.82) is 0 Å². The zero-order chi connectivity index (χ0) is 30.4. The third-order valence-corrected chi connectivity index (χ3v) is 7.67. The Kier molecular flexibility index (Phi) is 9.80. The van der Waals surface area contributed by atoms with Crippen LogP contribution in [0, 0.1) is 12.8 Å². The standard InChI is InChI=1S/C32H34N2O7S/c1-6-16-41-31(38)29-20(5)33-32(42-29)34-26(25(28(36)30(34)37)27(35)21-11-9-8-10-12-21)22-13-14-23(24(18-22)39-7-2)40-17-15-19(3)4/h6,8-14,18-19,26,35H,1,7,15-17H2,2-5H3. The summed E-state index contributed by atoms with van der Waals surface area (Å²) in [7, 11) is 0. The van der Waals surface area contributed by atoms with Gasteiger partial charge in [0, 0.05) is 5.56 Å². The molecule has 0 spiro atoms. The number of Topliss-reactive ketones (excluding diaryl/α,β-unsaturated/α-hetero) is 1. The summed E-state index contributed by atoms with van der Waals surface area (Å²) < 4.78 is 17.1. The molecule has 10 heteroatoms. The third kappa shape index (κ3) is 6.38. The lowest BCUT2D eigenvalue weighted by atomic mass is 9.95. The molecule has 1 fully saturated rings. The van der Waals surface area contributed by atoms with Crippen LogP contribution in [0.3, 0.4) is 0 Å². The van der Waals surface area contributed by atoms with Crippen LogP contribution in [0.15, 0.2) is 66.8 Å². The number of benzene rings is 2. The van der Waals surface area contributed by atoms with Gasteiger partial charge in [0.2, 0.25) is 0 Å². The molecule has 0 bridgehead atoms. The van der Waals surface area contributed by atoms with Crippen molar-refractivity contribution in [3.8, 4) is 11.5 Å². The molecule has 9 nitrogen and oxygen atoms in total. The number of aliphatic hydroxyl groups is 1. The largest absolute Gasteiger partial charge is 0.507 e. The van der Waals surface area contributed by atoms with E-state index in [2.05, 4.69) is 25.4 Å². The van der Waals surface area contributed by atoms with E-state index >= 15 is 0 Å². The average molecular weight is 591 g/mol. The van der Waals surface area contributed by atoms with Crippen molar-refractivity contribution in [3.63, 3.8) is 0 Å². The summed E-state index contributed by atoms with van der Waals surface area (Å²) >= 11 is 0.933. The highest BCUT2D eigenvalue weighted by molar-refractivity contribution is 7.17. The van der Waals surface area contributed by atoms with Crippen molar-refractivity contribution in [1.82, 2.24) is 4.98 Å². The quantitative estimate of drug-likeness (QED) is 0.0866. The molecule has 1 aromatic heterocycles. The van der Waals surface area contributed by atoms with Crippen molar-refractivity contribution in [2.45, 2.75) is 40.2 Å². The number of esters is 1. The van der Waals surface area contributed by atoms with E-state index in [0.29, 0.717) is 47.5 Å². The van der Waals surface area contributed by atoms with Gasteiger partial charge in [-0.2, -0.15) is 0 Å². The van der Waals surface area contributed by atoms with Crippen LogP contribution in [0.2, 0.25) is 0 Å². The highest BCUT2D eigenvalue weighted by atomic mass is 32.1. The van der Waals surface area contributed by atoms with Gasteiger partial charge in [-0.3, -0.25) is 14.5 Å². The highest BCUT2D eigenvalue weighted by Crippen LogP contribution is 2.45. The summed E-state index contributed by atoms with van der Waals surface area (Å²) in [6.45, 7) is 12.1. The molecule has 2 heterocycles. The van der Waals surface area contributed by atoms with Gasteiger partial charge in [-0.1, -0.05) is 74.2 Å². The third-order valence-electron chi connectivity index (χ3n) is 6.54. The maximum Gasteiger partial charge on any atom is 0.350 e. The summed E-state index contributed by atoms with van der Waals surface area (Å²) in [6.07, 6.45) is 2.30. The van der Waals surface area contributed by atoms with Gasteiger partial charge in [-0.05, 0) is 43.9 Å². The molecule has 4 rings (SSSR count). The van der Waals surface area contributed by atoms with E-state index in [0.717, 1.165) is 17.8 Å². The van der Waals surface area contributed by atoms with Crippen molar-refractivity contribution >= 4 is 39.9 Å². The lowest BCUT2D eigenvalue weighted by Gasteiger charge is -2.24. The predicted molar refractivity (Wildman–Crippen MR) is 161 cm³/mol. The fraction of sp³-hybridized carbons (Fsp3) is 0.312. The first-order valence-electron chi connectivity index (χ1n) is 13.7. The number of anilines is 1. The monoisotopic (exact) mass is 590 g/mol. The lowest BCUT2D eigenvalue weighted by molar-refractivity contribution is -0.132. The molecule has 1 aliphatic heterocycles. The van der Waals surface area contributed by atoms with Crippen molar-refractivity contribution < 1.29 is 33.7 Å². The second kappa shape index (κ2) is 13.5. The molecular weight excluding hydrogens is 556 g/mol. The van der Waals surface area contributed by atoms with Gasteiger partial charge >= 0.3 is 11.9 Å². The molecular formula is C32H34N2O7S. The molecule has 0 saturated carbocycles. The molecule has 2 aromatic carbocycles. The van der Waals surface area contributed by atoms with Crippen LogP contribution in [0.1, 0.15) is 59.7 Å². The zero-order valence-electron chi connectivity index (χ0n) is 24.1. The zero-order valence-corrected chi connectivity index (χ0v) is 24.9. The molecule has 1 amide bonds. The molecule has 0 radical (unpaired) electrons. The number of aliphatic hydroxyl groups excluding tert-OH is 1. The number of amides is 1. The molecule has 1 N–H and O–H groups in total. The maximum absolute atomic E-state index is 13.6. The van der Waals surface area contributed by atoms with Crippen LogP contribution in [0.25, 0.3) is 5.76 Å². The first-order chi connectivity index (χ1) is 20.2. The Morgan fingerprint density at radius 1 is 1.14 bits per heavy atom. The summed E-state index contributed by atoms with van der Waals surface area (Å²) in [5.74, 6) is -1.27. The molecule has 1 atom stereocenters. The number of nitrogens with zero attached hydrogens (tertiary/aromatic N) is 2. The number of rotatable bonds is 12. The van der Waals surface area contributed by atoms with E-state index in [9.17, 15) is 19.5 Å². The number of hydrogen-bond donors (Lipinski definition) is 1. The van der Waals surface area contributed by atoms with Gasteiger partial charge in [-0.15, -0.1) is 0 Å². The number of ketones is 1. The average Bonchev–Trinajstić information content (AvgIpc) is 3.48. The van der Waals surface area contributed by atoms with E-state index in [1.165, 1.54) is 11.0 Å². The minimum Gasteiger partial charge on any atom is -0.507 e. The number of ether oxygens (including phenoxy) is 3. The lowest BCUT2D eigenvalue weighted by Crippen LogP contribution is -2.29. The van der Waals surface area contributed by atoms with E-state index in [-0.39, 0.29) is 27.9 Å². The molecule has 220 valence electrons. The van der Waals surface area contributed by atoms with Gasteiger partial charge in [-0.25, -0.2) is 9.78 Å². The first kappa shape index (κ1) is 30.5. The number of aromatic nitrogens is 1. The number of thiazole rings is 1. The smallest absolute Gasteiger partial charge is 0.350 e. The van der Waals surface area contributed by atoms with Crippen LogP contribution >= 0.6 is 11.3 Å². The van der Waals surface area contributed by atoms with Gasteiger partial charge < -0.3 is 19.3 Å². The van der Waals surface area contributed by atoms with Crippen LogP contribution in [0.5, 0.6) is 11.5 Å². The Morgan fingerprint density at radius 3 is 2.55 bits per heavy atom. The summed E-state index contributed by atoms with van der Waals surface area (Å²) in [5.41, 5.74) is 1.11. The molecule has 42 heavy (non-hydrogen) atoms. The minimum absolute atomic E-state index is 0.0128. The topological polar surface area (TPSA) is 115 Å². The van der Waals surface area contributed by atoms with Gasteiger partial charge in [0.05, 0.1) is 30.5 Å². The number of hydrogen-bond acceptors (Lipinski definition) is 9. The molecule has 1 aliphatic rings. The van der Waals surface area contributed by atoms with Crippen LogP contribution in [0.4, 0.5) is 5.13 Å². The van der Waals surface area contributed by atoms with Crippen LogP contribution in [-0.4, -0.2) is 47.6 Å². The maximum atomic E-state index is 13.6. The normalized spacial score (nSPS) is 16.1. The Bertz CT molecular complexity index is 1510. The fourth-order valence-corrected chi connectivity index (χ4v) is 5.45. The Labute approximate surface area is 249 Å². The summed E-state index contributed by atoms with van der Waals surface area (Å²) in [5, 5.41) is 11.5. The highest BCUT2D eigenvalue weighted by Gasteiger charge is 2.48. The van der Waals surface area contributed by atoms with E-state index in [1.807, 2.05) is 6.92 Å². The first-order valence-corrected chi connectivity index (χ1v) is 14.5. The van der Waals surface area contributed by atoms with Gasteiger partial charge in [0.15, 0.2) is 16.6 Å². The molecule has 3 aromatic rings. The fourth-order valence-electron chi connectivity index (χ4n) is 4.46. The summed E-state index contributed by atoms with van der Waals surface area (Å²) in [4.78, 5) is 45.7. The predicted octanol–water partition coefficient (Wildman–Crippen LogP) is 6.24. The van der Waals surface area contributed by atoms with Crippen molar-refractivity contribution in [2.24, 2.45) is 5.92 Å². The SMILES string of the molecule is C=CCOC(=O)c1sc(N2C(=O)C(=O)C(=C(O)c3ccccc3)C2c2ccc(OCCC(C)C)c(OCC)c2)nc1C. The number of carbonyl (C=O) groups excluding carboxylic acids is 3. The van der Waals surface area contributed by atoms with E-state index < -0.39 is 23.7 Å². The molecule has 0 aliphatic carbocycles. The Morgan fingerprint density at radius 2 is 1.88 bits per heavy atom. The number of carbonyl (C=O) groups is 3. The second-order valence-electron chi connectivity index (χ2n) is 10.0.